The number of carboxylic acid groups (broad SMARTS) is 1. The van der Waals surface area contributed by atoms with Gasteiger partial charge in [0.25, 0.3) is 0 Å². The number of aliphatic imine (C=N–C) groups is 1. The van der Waals surface area contributed by atoms with Crippen molar-refractivity contribution in [3.05, 3.63) is 53.6 Å². The van der Waals surface area contributed by atoms with E-state index >= 15 is 0 Å². The molecule has 1 aromatic rings. The van der Waals surface area contributed by atoms with Gasteiger partial charge in [0, 0.05) is 43.7 Å². The molecule has 0 unspecified atom stereocenters. The molecule has 3 heterocycles. The maximum absolute atomic E-state index is 14.4. The molecule has 0 aromatic heterocycles. The molecule has 172 valence electrons. The average Bonchev–Trinajstić information content (AvgIpc) is 2.77. The van der Waals surface area contributed by atoms with Crippen molar-refractivity contribution in [1.29, 1.82) is 0 Å². The summed E-state index contributed by atoms with van der Waals surface area (Å²) in [7, 11) is -3.48. The molecule has 3 N–H and O–H groups in total. The maximum Gasteiger partial charge on any atom is 0.407 e. The molecule has 0 radical (unpaired) electrons. The summed E-state index contributed by atoms with van der Waals surface area (Å²) in [6.07, 6.45) is 4.77. The molecular weight excluding hydrogens is 441 g/mol. The summed E-state index contributed by atoms with van der Waals surface area (Å²) in [5.41, 5.74) is 0.306. The third-order valence-electron chi connectivity index (χ3n) is 5.60. The van der Waals surface area contributed by atoms with E-state index in [1.54, 1.807) is 6.20 Å². The number of halogens is 1. The maximum atomic E-state index is 14.4. The molecule has 32 heavy (non-hydrogen) atoms. The molecule has 12 heteroatoms. The number of amides is 1. The van der Waals surface area contributed by atoms with E-state index in [0.717, 1.165) is 12.3 Å². The third-order valence-corrected chi connectivity index (χ3v) is 6.71. The Bertz CT molecular complexity index is 1110. The lowest BCUT2D eigenvalue weighted by atomic mass is 10.0. The van der Waals surface area contributed by atoms with Crippen LogP contribution in [-0.4, -0.2) is 67.3 Å². The largest absolute Gasteiger partial charge is 0.465 e. The molecule has 0 atom stereocenters. The number of carbonyl (C=O) groups is 1. The van der Waals surface area contributed by atoms with Crippen molar-refractivity contribution in [2.24, 2.45) is 4.99 Å². The molecule has 0 aliphatic carbocycles. The topological polar surface area (TPSA) is 124 Å². The Morgan fingerprint density at radius 3 is 2.78 bits per heavy atom. The normalized spacial score (nSPS) is 19.1. The molecule has 0 bridgehead atoms. The van der Waals surface area contributed by atoms with E-state index in [1.165, 1.54) is 23.3 Å². The van der Waals surface area contributed by atoms with Crippen LogP contribution in [0.2, 0.25) is 0 Å². The second kappa shape index (κ2) is 8.69. The van der Waals surface area contributed by atoms with Crippen molar-refractivity contribution in [3.63, 3.8) is 0 Å². The van der Waals surface area contributed by atoms with Gasteiger partial charge in [0.2, 0.25) is 5.76 Å². The first-order valence-corrected chi connectivity index (χ1v) is 12.0. The van der Waals surface area contributed by atoms with Crippen LogP contribution in [0.15, 0.2) is 52.1 Å². The minimum atomic E-state index is -3.48. The smallest absolute Gasteiger partial charge is 0.407 e. The van der Waals surface area contributed by atoms with Gasteiger partial charge in [-0.1, -0.05) is 6.07 Å². The number of hydrogen-bond acceptors (Lipinski definition) is 8. The van der Waals surface area contributed by atoms with Crippen LogP contribution in [0.1, 0.15) is 18.4 Å². The van der Waals surface area contributed by atoms with E-state index in [4.69, 9.17) is 9.84 Å². The van der Waals surface area contributed by atoms with Gasteiger partial charge >= 0.3 is 6.09 Å². The van der Waals surface area contributed by atoms with E-state index in [9.17, 15) is 17.6 Å². The molecule has 1 aromatic carbocycles. The van der Waals surface area contributed by atoms with Gasteiger partial charge in [-0.05, 0) is 25.0 Å². The number of sulfone groups is 1. The van der Waals surface area contributed by atoms with E-state index in [-0.39, 0.29) is 17.5 Å². The summed E-state index contributed by atoms with van der Waals surface area (Å²) >= 11 is 0. The lowest BCUT2D eigenvalue weighted by Crippen LogP contribution is -2.49. The van der Waals surface area contributed by atoms with Gasteiger partial charge in [-0.2, -0.15) is 0 Å². The van der Waals surface area contributed by atoms with Crippen molar-refractivity contribution in [3.8, 4) is 0 Å². The van der Waals surface area contributed by atoms with Gasteiger partial charge in [-0.15, -0.1) is 0 Å². The molecule has 1 fully saturated rings. The predicted octanol–water partition coefficient (Wildman–Crippen LogP) is 1.39. The Morgan fingerprint density at radius 1 is 1.38 bits per heavy atom. The lowest BCUT2D eigenvalue weighted by molar-refractivity contribution is 0.120. The summed E-state index contributed by atoms with van der Waals surface area (Å²) in [4.78, 5) is 19.0. The lowest BCUT2D eigenvalue weighted by Gasteiger charge is -2.40. The first-order valence-electron chi connectivity index (χ1n) is 10.1. The summed E-state index contributed by atoms with van der Waals surface area (Å²) in [5, 5.41) is 15.3. The number of nitrogens with one attached hydrogen (secondary N) is 2. The number of fused-ring (bicyclic) bond motifs is 1. The summed E-state index contributed by atoms with van der Waals surface area (Å²) in [6, 6.07) is 3.90. The zero-order valence-electron chi connectivity index (χ0n) is 17.4. The standard InChI is InChI=1S/C20H24FN5O5S/c1-32(29,30)15-3-2-13(16(21)10-15)11-22-18-17-19(24-12-23-18)26(8-9-31-17)14-4-6-25(7-5-14)20(27)28/h2-3,8-10,14,22-23H,4-7,11-12H2,1H3,(H,27,28). The highest BCUT2D eigenvalue weighted by molar-refractivity contribution is 7.90. The van der Waals surface area contributed by atoms with Gasteiger partial charge < -0.3 is 30.3 Å². The van der Waals surface area contributed by atoms with Crippen LogP contribution >= 0.6 is 0 Å². The molecular formula is C20H24FN5O5S. The molecule has 4 rings (SSSR count). The molecule has 0 spiro atoms. The van der Waals surface area contributed by atoms with Gasteiger partial charge in [0.1, 0.15) is 24.6 Å². The van der Waals surface area contributed by atoms with Crippen LogP contribution in [0, 0.1) is 5.82 Å². The Kier molecular flexibility index (Phi) is 5.96. The number of hydrogen-bond donors (Lipinski definition) is 3. The molecule has 3 aliphatic heterocycles. The Labute approximate surface area is 185 Å². The molecule has 3 aliphatic rings. The van der Waals surface area contributed by atoms with Gasteiger partial charge in [0.15, 0.2) is 15.7 Å². The molecule has 0 saturated carbocycles. The fourth-order valence-electron chi connectivity index (χ4n) is 3.86. The van der Waals surface area contributed by atoms with Crippen LogP contribution in [-0.2, 0) is 21.1 Å². The van der Waals surface area contributed by atoms with Crippen molar-refractivity contribution >= 4 is 21.8 Å². The number of benzene rings is 1. The first kappa shape index (κ1) is 21.9. The van der Waals surface area contributed by atoms with Crippen LogP contribution in [0.5, 0.6) is 0 Å². The van der Waals surface area contributed by atoms with E-state index in [2.05, 4.69) is 15.6 Å². The average molecular weight is 466 g/mol. The van der Waals surface area contributed by atoms with Crippen molar-refractivity contribution in [2.75, 3.05) is 26.0 Å². The fourth-order valence-corrected chi connectivity index (χ4v) is 4.49. The van der Waals surface area contributed by atoms with E-state index < -0.39 is 21.7 Å². The van der Waals surface area contributed by atoms with Crippen molar-refractivity contribution < 1.29 is 27.4 Å². The highest BCUT2D eigenvalue weighted by Gasteiger charge is 2.33. The summed E-state index contributed by atoms with van der Waals surface area (Å²) < 4.78 is 43.3. The number of piperidine rings is 1. The number of ether oxygens (including phenoxy) is 1. The highest BCUT2D eigenvalue weighted by Crippen LogP contribution is 2.25. The van der Waals surface area contributed by atoms with Gasteiger partial charge in [-0.25, -0.2) is 22.6 Å². The first-order chi connectivity index (χ1) is 15.2. The zero-order valence-corrected chi connectivity index (χ0v) is 18.2. The molecule has 1 amide bonds. The summed E-state index contributed by atoms with van der Waals surface area (Å²) in [5.74, 6) is 1.01. The number of amidine groups is 1. The van der Waals surface area contributed by atoms with Gasteiger partial charge in [0.05, 0.1) is 4.90 Å². The third kappa shape index (κ3) is 4.49. The minimum absolute atomic E-state index is 0.0728. The zero-order chi connectivity index (χ0) is 22.9. The number of rotatable bonds is 5. The van der Waals surface area contributed by atoms with E-state index in [1.807, 2.05) is 4.90 Å². The van der Waals surface area contributed by atoms with Crippen LogP contribution in [0.25, 0.3) is 0 Å². The van der Waals surface area contributed by atoms with Crippen LogP contribution in [0.3, 0.4) is 0 Å². The Hall–Kier alpha value is -3.28. The monoisotopic (exact) mass is 465 g/mol. The van der Waals surface area contributed by atoms with Gasteiger partial charge in [-0.3, -0.25) is 0 Å². The Morgan fingerprint density at radius 2 is 2.12 bits per heavy atom. The number of likely N-dealkylation sites (tertiary alicyclic amines) is 1. The number of nitrogens with zero attached hydrogens (tertiary/aromatic N) is 3. The minimum Gasteiger partial charge on any atom is -0.465 e. The Balaban J connectivity index is 1.47. The fraction of sp³-hybridized carbons (Fsp3) is 0.400. The second-order valence-electron chi connectivity index (χ2n) is 7.71. The SMILES string of the molecule is CS(=O)(=O)c1ccc(CNC2=C3OC=CN(C4CCN(C(=O)O)CC4)C3=NCN2)c(F)c1. The summed E-state index contributed by atoms with van der Waals surface area (Å²) in [6.45, 7) is 1.30. The van der Waals surface area contributed by atoms with E-state index in [0.29, 0.717) is 55.6 Å². The quantitative estimate of drug-likeness (QED) is 0.596. The van der Waals surface area contributed by atoms with Crippen molar-refractivity contribution in [2.45, 2.75) is 30.3 Å². The predicted molar refractivity (Wildman–Crippen MR) is 113 cm³/mol. The molecule has 1 saturated heterocycles. The van der Waals surface area contributed by atoms with Crippen LogP contribution in [0.4, 0.5) is 9.18 Å². The second-order valence-corrected chi connectivity index (χ2v) is 9.73. The highest BCUT2D eigenvalue weighted by atomic mass is 32.2. The molecule has 10 nitrogen and oxygen atoms in total. The van der Waals surface area contributed by atoms with Crippen LogP contribution < -0.4 is 10.6 Å². The van der Waals surface area contributed by atoms with Crippen molar-refractivity contribution in [1.82, 2.24) is 20.4 Å².